The Labute approximate surface area is 223 Å². The van der Waals surface area contributed by atoms with E-state index in [4.69, 9.17) is 4.98 Å². The maximum atomic E-state index is 15.1. The number of hydrogen-bond acceptors (Lipinski definition) is 7. The fourth-order valence-corrected chi connectivity index (χ4v) is 6.59. The van der Waals surface area contributed by atoms with Crippen LogP contribution in [-0.2, 0) is 0 Å². The van der Waals surface area contributed by atoms with Gasteiger partial charge in [-0.15, -0.1) is 0 Å². The fraction of sp³-hybridized carbons (Fsp3) is 0.517. The number of hydrogen-bond donors (Lipinski definition) is 1. The summed E-state index contributed by atoms with van der Waals surface area (Å²) in [5.41, 5.74) is 2.50. The number of anilines is 3. The van der Waals surface area contributed by atoms with E-state index < -0.39 is 0 Å². The van der Waals surface area contributed by atoms with E-state index in [2.05, 4.69) is 33.9 Å². The van der Waals surface area contributed by atoms with Crippen LogP contribution in [0, 0.1) is 18.2 Å². The van der Waals surface area contributed by atoms with Gasteiger partial charge in [0.25, 0.3) is 5.56 Å². The van der Waals surface area contributed by atoms with Gasteiger partial charge in [-0.3, -0.25) is 19.1 Å². The minimum Gasteiger partial charge on any atom is -0.368 e. The predicted octanol–water partition coefficient (Wildman–Crippen LogP) is 5.08. The molecule has 4 heterocycles. The number of carbonyl (C=O) groups is 1. The van der Waals surface area contributed by atoms with Crippen molar-refractivity contribution in [3.8, 4) is 0 Å². The molecule has 202 valence electrons. The van der Waals surface area contributed by atoms with E-state index in [0.717, 1.165) is 51.9 Å². The molecule has 0 atom stereocenters. The second-order valence-electron chi connectivity index (χ2n) is 11.7. The highest BCUT2D eigenvalue weighted by Gasteiger charge is 2.52. The number of carbonyl (C=O) groups excluding carboxylic acids is 1. The van der Waals surface area contributed by atoms with E-state index in [1.54, 1.807) is 17.7 Å². The van der Waals surface area contributed by atoms with Crippen molar-refractivity contribution in [3.05, 3.63) is 51.7 Å². The molecule has 6 rings (SSSR count). The molecule has 3 aromatic rings. The van der Waals surface area contributed by atoms with Gasteiger partial charge in [0.15, 0.2) is 5.78 Å². The van der Waals surface area contributed by atoms with Gasteiger partial charge >= 0.3 is 0 Å². The maximum absolute atomic E-state index is 15.1. The van der Waals surface area contributed by atoms with Crippen LogP contribution in [0.4, 0.5) is 21.7 Å². The molecule has 2 aliphatic heterocycles. The lowest BCUT2D eigenvalue weighted by Crippen LogP contribution is -2.73. The van der Waals surface area contributed by atoms with Crippen LogP contribution in [0.3, 0.4) is 0 Å². The first-order valence-corrected chi connectivity index (χ1v) is 13.6. The molecule has 3 aliphatic rings. The van der Waals surface area contributed by atoms with Crippen LogP contribution in [0.2, 0.25) is 0 Å². The number of pyridine rings is 1. The lowest BCUT2D eigenvalue weighted by atomic mass is 9.72. The molecule has 1 N–H and O–H groups in total. The standard InChI is InChI=1S/C29H35FN6O2.H2/c1-17(2)34-13-29(14-34)15-35(16-29)24-10-9-20(11-23(24)30)32-28-31-12-22-18(3)25(19(4)37)27(38)36(26(22)33-28)21-7-5-6-8-21;/h9-12,17,21H,5-8,13-16H2,1-4H3,(H,31,32,33);1H. The fourth-order valence-electron chi connectivity index (χ4n) is 6.59. The van der Waals surface area contributed by atoms with E-state index in [-0.39, 0.29) is 36.1 Å². The smallest absolute Gasteiger partial charge is 0.263 e. The number of likely N-dealkylation sites (tertiary alicyclic amines) is 1. The Kier molecular flexibility index (Phi) is 6.01. The number of benzene rings is 1. The first kappa shape index (κ1) is 25.0. The topological polar surface area (TPSA) is 83.4 Å². The van der Waals surface area contributed by atoms with Gasteiger partial charge in [-0.2, -0.15) is 4.98 Å². The van der Waals surface area contributed by atoms with E-state index in [9.17, 15) is 9.59 Å². The molecule has 1 saturated carbocycles. The van der Waals surface area contributed by atoms with Crippen LogP contribution in [0.25, 0.3) is 11.0 Å². The molecule has 8 nitrogen and oxygen atoms in total. The second kappa shape index (κ2) is 9.15. The Morgan fingerprint density at radius 1 is 1.18 bits per heavy atom. The van der Waals surface area contributed by atoms with Crippen molar-refractivity contribution in [2.24, 2.45) is 5.41 Å². The van der Waals surface area contributed by atoms with Crippen LogP contribution in [-0.4, -0.2) is 57.4 Å². The number of aromatic nitrogens is 3. The van der Waals surface area contributed by atoms with Crippen molar-refractivity contribution in [1.82, 2.24) is 19.4 Å². The van der Waals surface area contributed by atoms with E-state index >= 15 is 4.39 Å². The average molecular weight is 521 g/mol. The zero-order valence-electron chi connectivity index (χ0n) is 22.6. The number of nitrogens with one attached hydrogen (secondary N) is 1. The number of Topliss-reactive ketones (excluding diaryl/α,β-unsaturated/α-hetero) is 1. The molecule has 0 bridgehead atoms. The summed E-state index contributed by atoms with van der Waals surface area (Å²) < 4.78 is 16.8. The van der Waals surface area contributed by atoms with Gasteiger partial charge in [-0.1, -0.05) is 12.8 Å². The molecular formula is C29H37FN6O2. The Morgan fingerprint density at radius 3 is 2.53 bits per heavy atom. The zero-order valence-corrected chi connectivity index (χ0v) is 22.6. The monoisotopic (exact) mass is 520 g/mol. The molecule has 1 spiro atoms. The molecule has 0 amide bonds. The van der Waals surface area contributed by atoms with Crippen LogP contribution in [0.5, 0.6) is 0 Å². The van der Waals surface area contributed by atoms with Crippen molar-refractivity contribution in [2.45, 2.75) is 65.5 Å². The van der Waals surface area contributed by atoms with Crippen LogP contribution in [0.1, 0.15) is 69.8 Å². The van der Waals surface area contributed by atoms with Gasteiger partial charge in [-0.25, -0.2) is 9.37 Å². The number of halogens is 1. The second-order valence-corrected chi connectivity index (χ2v) is 11.7. The summed E-state index contributed by atoms with van der Waals surface area (Å²) in [7, 11) is 0. The summed E-state index contributed by atoms with van der Waals surface area (Å²) in [6.45, 7) is 11.6. The first-order valence-electron chi connectivity index (χ1n) is 13.6. The largest absolute Gasteiger partial charge is 0.368 e. The maximum Gasteiger partial charge on any atom is 0.263 e. The zero-order chi connectivity index (χ0) is 26.8. The van der Waals surface area contributed by atoms with Gasteiger partial charge in [0, 0.05) is 62.4 Å². The molecule has 0 unspecified atom stereocenters. The lowest BCUT2D eigenvalue weighted by Gasteiger charge is -2.62. The Morgan fingerprint density at radius 2 is 1.89 bits per heavy atom. The highest BCUT2D eigenvalue weighted by atomic mass is 19.1. The normalized spacial score (nSPS) is 19.3. The number of ketones is 1. The summed E-state index contributed by atoms with van der Waals surface area (Å²) in [6.07, 6.45) is 5.49. The third-order valence-corrected chi connectivity index (χ3v) is 8.65. The number of aryl methyl sites for hydroxylation is 1. The van der Waals surface area contributed by atoms with Crippen molar-refractivity contribution < 1.29 is 10.6 Å². The van der Waals surface area contributed by atoms with Gasteiger partial charge < -0.3 is 10.2 Å². The number of rotatable bonds is 6. The first-order chi connectivity index (χ1) is 18.2. The summed E-state index contributed by atoms with van der Waals surface area (Å²) >= 11 is 0. The highest BCUT2D eigenvalue weighted by Crippen LogP contribution is 2.43. The third-order valence-electron chi connectivity index (χ3n) is 8.65. The molecule has 0 radical (unpaired) electrons. The van der Waals surface area contributed by atoms with Crippen molar-refractivity contribution in [3.63, 3.8) is 0 Å². The molecule has 3 fully saturated rings. The van der Waals surface area contributed by atoms with Crippen molar-refractivity contribution >= 4 is 34.1 Å². The predicted molar refractivity (Wildman–Crippen MR) is 149 cm³/mol. The number of nitrogens with zero attached hydrogens (tertiary/aromatic N) is 5. The summed E-state index contributed by atoms with van der Waals surface area (Å²) in [5.74, 6) is -0.242. The molecule has 2 aromatic heterocycles. The molecule has 9 heteroatoms. The molecule has 2 saturated heterocycles. The summed E-state index contributed by atoms with van der Waals surface area (Å²) in [5, 5.41) is 3.81. The van der Waals surface area contributed by atoms with Gasteiger partial charge in [-0.05, 0) is 64.3 Å². The average Bonchev–Trinajstić information content (AvgIpc) is 3.32. The van der Waals surface area contributed by atoms with Crippen LogP contribution in [0.15, 0.2) is 29.2 Å². The Balaban J connectivity index is 0.00000308. The van der Waals surface area contributed by atoms with Crippen LogP contribution < -0.4 is 15.8 Å². The van der Waals surface area contributed by atoms with Crippen molar-refractivity contribution in [2.75, 3.05) is 36.4 Å². The summed E-state index contributed by atoms with van der Waals surface area (Å²) in [4.78, 5) is 39.5. The quantitative estimate of drug-likeness (QED) is 0.454. The van der Waals surface area contributed by atoms with Gasteiger partial charge in [0.2, 0.25) is 5.95 Å². The molecule has 38 heavy (non-hydrogen) atoms. The Hall–Kier alpha value is -3.33. The SMILES string of the molecule is CC(=O)c1c(C)c2cnc(Nc3ccc(N4CC5(C4)CN(C(C)C)C5)c(F)c3)nc2n(C2CCCC2)c1=O.[HH]. The third kappa shape index (κ3) is 4.08. The molecule has 1 aliphatic carbocycles. The van der Waals surface area contributed by atoms with E-state index in [0.29, 0.717) is 39.4 Å². The van der Waals surface area contributed by atoms with Crippen LogP contribution >= 0.6 is 0 Å². The summed E-state index contributed by atoms with van der Waals surface area (Å²) in [6, 6.07) is 5.69. The minimum atomic E-state index is -0.287. The van der Waals surface area contributed by atoms with E-state index in [1.807, 2.05) is 12.1 Å². The molecule has 1 aromatic carbocycles. The van der Waals surface area contributed by atoms with Gasteiger partial charge in [0.1, 0.15) is 11.5 Å². The van der Waals surface area contributed by atoms with Gasteiger partial charge in [0.05, 0.1) is 11.3 Å². The molecular weight excluding hydrogens is 483 g/mol. The highest BCUT2D eigenvalue weighted by molar-refractivity contribution is 5.99. The Bertz CT molecular complexity index is 1490. The van der Waals surface area contributed by atoms with E-state index in [1.165, 1.54) is 13.0 Å². The minimum absolute atomic E-state index is 0. The number of fused-ring (bicyclic) bond motifs is 1. The van der Waals surface area contributed by atoms with Crippen molar-refractivity contribution in [1.29, 1.82) is 0 Å². The lowest BCUT2D eigenvalue weighted by molar-refractivity contribution is -0.0413.